The lowest BCUT2D eigenvalue weighted by atomic mass is 10.1. The van der Waals surface area contributed by atoms with E-state index in [4.69, 9.17) is 5.73 Å². The van der Waals surface area contributed by atoms with E-state index in [0.717, 1.165) is 37.6 Å². The Labute approximate surface area is 102 Å². The zero-order valence-corrected chi connectivity index (χ0v) is 10.3. The topological polar surface area (TPSA) is 58.3 Å². The fourth-order valence-corrected chi connectivity index (χ4v) is 2.75. The van der Waals surface area contributed by atoms with Gasteiger partial charge in [0.25, 0.3) is 0 Å². The lowest BCUT2D eigenvalue weighted by Gasteiger charge is -2.46. The summed E-state index contributed by atoms with van der Waals surface area (Å²) in [5, 5.41) is 0. The minimum absolute atomic E-state index is 0.364. The minimum atomic E-state index is 0.364. The number of hydrogen-bond acceptors (Lipinski definition) is 5. The Morgan fingerprint density at radius 3 is 2.71 bits per heavy atom. The largest absolute Gasteiger partial charge is 0.396 e. The van der Waals surface area contributed by atoms with Gasteiger partial charge in [-0.15, -0.1) is 0 Å². The highest BCUT2D eigenvalue weighted by Crippen LogP contribution is 2.27. The molecule has 2 bridgehead atoms. The van der Waals surface area contributed by atoms with Crippen molar-refractivity contribution in [1.29, 1.82) is 0 Å². The maximum absolute atomic E-state index is 5.86. The van der Waals surface area contributed by atoms with Gasteiger partial charge in [0, 0.05) is 32.7 Å². The molecule has 0 radical (unpaired) electrons. The number of nitrogens with zero attached hydrogens (tertiary/aromatic N) is 4. The molecule has 2 N–H and O–H groups in total. The lowest BCUT2D eigenvalue weighted by molar-refractivity contribution is 0.00858. The molecule has 5 nitrogen and oxygen atoms in total. The first-order valence-electron chi connectivity index (χ1n) is 6.35. The molecule has 3 aliphatic heterocycles. The van der Waals surface area contributed by atoms with E-state index in [2.05, 4.69) is 26.7 Å². The van der Waals surface area contributed by atoms with Gasteiger partial charge in [0.2, 0.25) is 0 Å². The Bertz CT molecular complexity index is 411. The van der Waals surface area contributed by atoms with Crippen LogP contribution in [-0.4, -0.2) is 52.5 Å². The average molecular weight is 233 g/mol. The second kappa shape index (κ2) is 4.23. The molecule has 0 aromatic carbocycles. The molecule has 0 spiro atoms. The molecule has 4 heterocycles. The van der Waals surface area contributed by atoms with E-state index in [-0.39, 0.29) is 0 Å². The van der Waals surface area contributed by atoms with Crippen molar-refractivity contribution in [2.45, 2.75) is 19.4 Å². The number of aromatic nitrogens is 2. The van der Waals surface area contributed by atoms with E-state index >= 15 is 0 Å². The fraction of sp³-hybridized carbons (Fsp3) is 0.667. The predicted molar refractivity (Wildman–Crippen MR) is 66.6 cm³/mol. The number of fused-ring (bicyclic) bond motifs is 3. The van der Waals surface area contributed by atoms with Crippen molar-refractivity contribution in [3.8, 4) is 0 Å². The molecule has 92 valence electrons. The van der Waals surface area contributed by atoms with Crippen LogP contribution < -0.4 is 5.73 Å². The molecule has 0 aliphatic carbocycles. The molecule has 3 fully saturated rings. The molecule has 1 aromatic rings. The molecule has 1 atom stereocenters. The van der Waals surface area contributed by atoms with Crippen LogP contribution >= 0.6 is 0 Å². The van der Waals surface area contributed by atoms with Crippen LogP contribution in [0, 0.1) is 0 Å². The molecule has 3 aliphatic rings. The number of aryl methyl sites for hydroxylation is 1. The lowest BCUT2D eigenvalue weighted by Crippen LogP contribution is -2.57. The number of hydrogen-bond donors (Lipinski definition) is 1. The summed E-state index contributed by atoms with van der Waals surface area (Å²) >= 11 is 0. The Hall–Kier alpha value is -1.20. The zero-order valence-electron chi connectivity index (χ0n) is 10.3. The van der Waals surface area contributed by atoms with Crippen LogP contribution in [-0.2, 0) is 6.42 Å². The summed E-state index contributed by atoms with van der Waals surface area (Å²) in [5.74, 6) is 0.945. The molecule has 1 unspecified atom stereocenters. The molecule has 1 aromatic heterocycles. The van der Waals surface area contributed by atoms with Gasteiger partial charge in [0.15, 0.2) is 0 Å². The van der Waals surface area contributed by atoms with Crippen LogP contribution in [0.4, 0.5) is 5.69 Å². The number of anilines is 1. The fourth-order valence-electron chi connectivity index (χ4n) is 2.75. The SMILES string of the molecule is CCc1nc(C2CN3CCN2CC3)ncc1N. The van der Waals surface area contributed by atoms with Crippen molar-refractivity contribution in [1.82, 2.24) is 19.8 Å². The molecular formula is C12H19N5. The number of nitrogen functional groups attached to an aromatic ring is 1. The van der Waals surface area contributed by atoms with Crippen LogP contribution in [0.25, 0.3) is 0 Å². The third-order valence-corrected chi connectivity index (χ3v) is 3.83. The summed E-state index contributed by atoms with van der Waals surface area (Å²) in [5.41, 5.74) is 7.55. The first-order valence-corrected chi connectivity index (χ1v) is 6.35. The first kappa shape index (κ1) is 10.9. The molecule has 17 heavy (non-hydrogen) atoms. The van der Waals surface area contributed by atoms with Crippen LogP contribution in [0.5, 0.6) is 0 Å². The maximum atomic E-state index is 5.86. The van der Waals surface area contributed by atoms with Crippen molar-refractivity contribution in [3.63, 3.8) is 0 Å². The van der Waals surface area contributed by atoms with Crippen molar-refractivity contribution < 1.29 is 0 Å². The highest BCUT2D eigenvalue weighted by Gasteiger charge is 2.34. The Balaban J connectivity index is 1.89. The Kier molecular flexibility index (Phi) is 2.72. The minimum Gasteiger partial charge on any atom is -0.396 e. The van der Waals surface area contributed by atoms with Crippen LogP contribution in [0.15, 0.2) is 6.20 Å². The van der Waals surface area contributed by atoms with Gasteiger partial charge in [0.1, 0.15) is 5.82 Å². The summed E-state index contributed by atoms with van der Waals surface area (Å²) in [6.45, 7) is 7.80. The molecule has 0 amide bonds. The van der Waals surface area contributed by atoms with Crippen molar-refractivity contribution >= 4 is 5.69 Å². The van der Waals surface area contributed by atoms with E-state index in [1.54, 1.807) is 6.20 Å². The summed E-state index contributed by atoms with van der Waals surface area (Å²) < 4.78 is 0. The molecule has 4 rings (SSSR count). The Morgan fingerprint density at radius 1 is 1.35 bits per heavy atom. The molecule has 3 saturated heterocycles. The van der Waals surface area contributed by atoms with Crippen LogP contribution in [0.2, 0.25) is 0 Å². The highest BCUT2D eigenvalue weighted by molar-refractivity contribution is 5.40. The van der Waals surface area contributed by atoms with Gasteiger partial charge in [-0.2, -0.15) is 0 Å². The van der Waals surface area contributed by atoms with Crippen molar-refractivity contribution in [2.24, 2.45) is 0 Å². The predicted octanol–water partition coefficient (Wildman–Crippen LogP) is 0.293. The van der Waals surface area contributed by atoms with E-state index in [1.807, 2.05) is 0 Å². The number of piperazine rings is 3. The molecule has 5 heteroatoms. The molecular weight excluding hydrogens is 214 g/mol. The standard InChI is InChI=1S/C12H19N5/c1-2-10-9(13)7-14-12(15-10)11-8-16-3-5-17(11)6-4-16/h7,11H,2-6,8,13H2,1H3. The van der Waals surface area contributed by atoms with E-state index in [9.17, 15) is 0 Å². The number of nitrogens with two attached hydrogens (primary N) is 1. The second-order valence-electron chi connectivity index (χ2n) is 4.84. The van der Waals surface area contributed by atoms with E-state index in [1.165, 1.54) is 13.1 Å². The smallest absolute Gasteiger partial charge is 0.147 e. The second-order valence-corrected chi connectivity index (χ2v) is 4.84. The van der Waals surface area contributed by atoms with Gasteiger partial charge in [0.05, 0.1) is 23.6 Å². The average Bonchev–Trinajstić information content (AvgIpc) is 2.40. The zero-order chi connectivity index (χ0) is 11.8. The van der Waals surface area contributed by atoms with Gasteiger partial charge in [-0.1, -0.05) is 6.92 Å². The third kappa shape index (κ3) is 1.89. The normalized spacial score (nSPS) is 31.7. The maximum Gasteiger partial charge on any atom is 0.147 e. The quantitative estimate of drug-likeness (QED) is 0.796. The summed E-state index contributed by atoms with van der Waals surface area (Å²) in [7, 11) is 0. The van der Waals surface area contributed by atoms with Crippen LogP contribution in [0.3, 0.4) is 0 Å². The van der Waals surface area contributed by atoms with Crippen LogP contribution in [0.1, 0.15) is 24.5 Å². The summed E-state index contributed by atoms with van der Waals surface area (Å²) in [4.78, 5) is 14.0. The molecule has 0 saturated carbocycles. The van der Waals surface area contributed by atoms with Gasteiger partial charge in [-0.3, -0.25) is 9.80 Å². The monoisotopic (exact) mass is 233 g/mol. The number of rotatable bonds is 2. The Morgan fingerprint density at radius 2 is 2.12 bits per heavy atom. The highest BCUT2D eigenvalue weighted by atomic mass is 15.4. The third-order valence-electron chi connectivity index (χ3n) is 3.83. The summed E-state index contributed by atoms with van der Waals surface area (Å²) in [6, 6.07) is 0.364. The van der Waals surface area contributed by atoms with Crippen molar-refractivity contribution in [3.05, 3.63) is 17.7 Å². The van der Waals surface area contributed by atoms with E-state index in [0.29, 0.717) is 11.7 Å². The van der Waals surface area contributed by atoms with Gasteiger partial charge < -0.3 is 5.73 Å². The van der Waals surface area contributed by atoms with Gasteiger partial charge in [-0.25, -0.2) is 9.97 Å². The van der Waals surface area contributed by atoms with Gasteiger partial charge in [-0.05, 0) is 6.42 Å². The summed E-state index contributed by atoms with van der Waals surface area (Å²) in [6.07, 6.45) is 2.64. The van der Waals surface area contributed by atoms with Gasteiger partial charge >= 0.3 is 0 Å². The van der Waals surface area contributed by atoms with Crippen molar-refractivity contribution in [2.75, 3.05) is 38.5 Å². The first-order chi connectivity index (χ1) is 8.28. The van der Waals surface area contributed by atoms with E-state index < -0.39 is 0 Å².